The van der Waals surface area contributed by atoms with Crippen molar-refractivity contribution in [2.45, 2.75) is 6.42 Å². The maximum atomic E-state index is 4.87. The molecule has 0 bridgehead atoms. The molecule has 1 N–H and O–H groups in total. The molecule has 2 aromatic rings. The highest BCUT2D eigenvalue weighted by molar-refractivity contribution is 7.09. The molecule has 0 aliphatic carbocycles. The van der Waals surface area contributed by atoms with Crippen molar-refractivity contribution in [2.24, 2.45) is 0 Å². The van der Waals surface area contributed by atoms with E-state index in [0.717, 1.165) is 5.01 Å². The van der Waals surface area contributed by atoms with Crippen LogP contribution in [0.3, 0.4) is 0 Å². The summed E-state index contributed by atoms with van der Waals surface area (Å²) < 4.78 is 4.87. The highest BCUT2D eigenvalue weighted by Gasteiger charge is 2.06. The van der Waals surface area contributed by atoms with Gasteiger partial charge in [-0.05, 0) is 0 Å². The lowest BCUT2D eigenvalue weighted by Crippen LogP contribution is -1.91. The number of thiazole rings is 1. The molecule has 0 fully saturated rings. The minimum absolute atomic E-state index is 0.437. The number of nitrogens with one attached hydrogen (secondary N) is 1. The molecule has 68 valence electrons. The second-order valence-corrected chi connectivity index (χ2v) is 3.35. The van der Waals surface area contributed by atoms with Crippen LogP contribution >= 0.6 is 11.3 Å². The first-order valence-electron chi connectivity index (χ1n) is 3.77. The van der Waals surface area contributed by atoms with Crippen LogP contribution in [0.5, 0.6) is 0 Å². The summed E-state index contributed by atoms with van der Waals surface area (Å²) in [4.78, 5) is 8.20. The van der Waals surface area contributed by atoms with E-state index in [1.165, 1.54) is 0 Å². The number of anilines is 1. The van der Waals surface area contributed by atoms with Gasteiger partial charge in [0.15, 0.2) is 5.82 Å². The predicted molar refractivity (Wildman–Crippen MR) is 48.8 cm³/mol. The highest BCUT2D eigenvalue weighted by atomic mass is 32.1. The molecule has 5 nitrogen and oxygen atoms in total. The minimum Gasteiger partial charge on any atom is -0.341 e. The van der Waals surface area contributed by atoms with Gasteiger partial charge in [-0.2, -0.15) is 4.98 Å². The van der Waals surface area contributed by atoms with Crippen LogP contribution in [0.15, 0.2) is 16.1 Å². The summed E-state index contributed by atoms with van der Waals surface area (Å²) in [5.41, 5.74) is 0. The maximum absolute atomic E-state index is 4.87. The Kier molecular flexibility index (Phi) is 2.22. The first-order valence-corrected chi connectivity index (χ1v) is 4.65. The summed E-state index contributed by atoms with van der Waals surface area (Å²) in [5.74, 6) is 0.652. The van der Waals surface area contributed by atoms with Gasteiger partial charge >= 0.3 is 6.01 Å². The van der Waals surface area contributed by atoms with Crippen LogP contribution in [0.2, 0.25) is 0 Å². The molecule has 0 radical (unpaired) electrons. The fourth-order valence-corrected chi connectivity index (χ4v) is 1.52. The Morgan fingerprint density at radius 2 is 2.54 bits per heavy atom. The van der Waals surface area contributed by atoms with Gasteiger partial charge in [0.25, 0.3) is 0 Å². The van der Waals surface area contributed by atoms with Crippen molar-refractivity contribution in [1.82, 2.24) is 15.1 Å². The molecule has 0 aromatic carbocycles. The molecule has 0 aliphatic heterocycles. The SMILES string of the molecule is CNc1nc(Cc2nccs2)no1. The molecule has 2 heterocycles. The van der Waals surface area contributed by atoms with Crippen molar-refractivity contribution in [1.29, 1.82) is 0 Å². The molecular formula is C7H8N4OS. The van der Waals surface area contributed by atoms with E-state index in [1.807, 2.05) is 5.38 Å². The standard InChI is InChI=1S/C7H8N4OS/c1-8-7-10-5(11-12-7)4-6-9-2-3-13-6/h2-3H,4H2,1H3,(H,8,10,11). The third-order valence-corrected chi connectivity index (χ3v) is 2.25. The van der Waals surface area contributed by atoms with Crippen molar-refractivity contribution < 1.29 is 4.52 Å². The molecule has 0 spiro atoms. The molecule has 6 heteroatoms. The maximum Gasteiger partial charge on any atom is 0.321 e. The Labute approximate surface area is 78.8 Å². The Bertz CT molecular complexity index is 370. The summed E-state index contributed by atoms with van der Waals surface area (Å²) >= 11 is 1.58. The number of hydrogen-bond acceptors (Lipinski definition) is 6. The topological polar surface area (TPSA) is 63.8 Å². The summed E-state index contributed by atoms with van der Waals surface area (Å²) in [6.07, 6.45) is 2.39. The van der Waals surface area contributed by atoms with Crippen LogP contribution in [0.4, 0.5) is 6.01 Å². The summed E-state index contributed by atoms with van der Waals surface area (Å²) in [6, 6.07) is 0.437. The second kappa shape index (κ2) is 3.53. The zero-order valence-electron chi connectivity index (χ0n) is 7.02. The third-order valence-electron chi connectivity index (χ3n) is 1.47. The molecule has 2 aromatic heterocycles. The van der Waals surface area contributed by atoms with Gasteiger partial charge in [-0.15, -0.1) is 11.3 Å². The van der Waals surface area contributed by atoms with Crippen LogP contribution < -0.4 is 5.32 Å². The van der Waals surface area contributed by atoms with Gasteiger partial charge in [0.05, 0.1) is 6.42 Å². The number of rotatable bonds is 3. The van der Waals surface area contributed by atoms with E-state index in [4.69, 9.17) is 4.52 Å². The fourth-order valence-electron chi connectivity index (χ4n) is 0.903. The molecule has 13 heavy (non-hydrogen) atoms. The average molecular weight is 196 g/mol. The Morgan fingerprint density at radius 1 is 1.62 bits per heavy atom. The zero-order chi connectivity index (χ0) is 9.10. The Hall–Kier alpha value is -1.43. The molecule has 0 saturated heterocycles. The average Bonchev–Trinajstić information content (AvgIpc) is 2.76. The van der Waals surface area contributed by atoms with Crippen molar-refractivity contribution in [3.05, 3.63) is 22.4 Å². The molecule has 0 unspecified atom stereocenters. The van der Waals surface area contributed by atoms with Crippen LogP contribution in [0.1, 0.15) is 10.8 Å². The van der Waals surface area contributed by atoms with E-state index in [2.05, 4.69) is 20.4 Å². The lowest BCUT2D eigenvalue weighted by molar-refractivity contribution is 0.425. The highest BCUT2D eigenvalue weighted by Crippen LogP contribution is 2.10. The quantitative estimate of drug-likeness (QED) is 0.798. The Morgan fingerprint density at radius 3 is 3.15 bits per heavy atom. The van der Waals surface area contributed by atoms with Gasteiger partial charge in [-0.3, -0.25) is 0 Å². The smallest absolute Gasteiger partial charge is 0.321 e. The van der Waals surface area contributed by atoms with Gasteiger partial charge < -0.3 is 9.84 Å². The van der Waals surface area contributed by atoms with E-state index < -0.39 is 0 Å². The summed E-state index contributed by atoms with van der Waals surface area (Å²) in [6.45, 7) is 0. The van der Waals surface area contributed by atoms with E-state index in [1.54, 1.807) is 24.6 Å². The lowest BCUT2D eigenvalue weighted by atomic mass is 10.4. The first-order chi connectivity index (χ1) is 6.38. The molecule has 0 atom stereocenters. The lowest BCUT2D eigenvalue weighted by Gasteiger charge is -1.86. The van der Waals surface area contributed by atoms with E-state index in [-0.39, 0.29) is 0 Å². The van der Waals surface area contributed by atoms with Gasteiger partial charge in [0.1, 0.15) is 5.01 Å². The van der Waals surface area contributed by atoms with Gasteiger partial charge in [0, 0.05) is 18.6 Å². The summed E-state index contributed by atoms with van der Waals surface area (Å²) in [7, 11) is 1.74. The van der Waals surface area contributed by atoms with Crippen LogP contribution in [-0.2, 0) is 6.42 Å². The number of aromatic nitrogens is 3. The largest absolute Gasteiger partial charge is 0.341 e. The second-order valence-electron chi connectivity index (χ2n) is 2.37. The number of hydrogen-bond donors (Lipinski definition) is 1. The Balaban J connectivity index is 2.10. The molecular weight excluding hydrogens is 188 g/mol. The van der Waals surface area contributed by atoms with Gasteiger partial charge in [0.2, 0.25) is 0 Å². The van der Waals surface area contributed by atoms with Crippen molar-refractivity contribution in [2.75, 3.05) is 12.4 Å². The molecule has 2 rings (SSSR count). The van der Waals surface area contributed by atoms with Crippen molar-refractivity contribution in [3.63, 3.8) is 0 Å². The van der Waals surface area contributed by atoms with E-state index >= 15 is 0 Å². The molecule has 0 aliphatic rings. The first kappa shape index (κ1) is 8.18. The molecule has 0 amide bonds. The van der Waals surface area contributed by atoms with Crippen LogP contribution in [0, 0.1) is 0 Å². The van der Waals surface area contributed by atoms with Crippen LogP contribution in [0.25, 0.3) is 0 Å². The molecule has 0 saturated carbocycles. The van der Waals surface area contributed by atoms with E-state index in [9.17, 15) is 0 Å². The van der Waals surface area contributed by atoms with Crippen LogP contribution in [-0.4, -0.2) is 22.2 Å². The van der Waals surface area contributed by atoms with Crippen molar-refractivity contribution in [3.8, 4) is 0 Å². The van der Waals surface area contributed by atoms with Gasteiger partial charge in [-0.1, -0.05) is 5.16 Å². The normalized spacial score (nSPS) is 10.2. The van der Waals surface area contributed by atoms with E-state index in [0.29, 0.717) is 18.3 Å². The zero-order valence-corrected chi connectivity index (χ0v) is 7.84. The van der Waals surface area contributed by atoms with Crippen molar-refractivity contribution >= 4 is 17.4 Å². The fraction of sp³-hybridized carbons (Fsp3) is 0.286. The minimum atomic E-state index is 0.437. The monoisotopic (exact) mass is 196 g/mol. The summed E-state index contributed by atoms with van der Waals surface area (Å²) in [5, 5.41) is 9.46. The third kappa shape index (κ3) is 1.83. The number of nitrogens with zero attached hydrogens (tertiary/aromatic N) is 3. The predicted octanol–water partition coefficient (Wildman–Crippen LogP) is 1.16. The van der Waals surface area contributed by atoms with Gasteiger partial charge in [-0.25, -0.2) is 4.98 Å².